The fraction of sp³-hybridized carbons (Fsp3) is 0.150. The van der Waals surface area contributed by atoms with Crippen LogP contribution in [0.15, 0.2) is 54.6 Å². The monoisotopic (exact) mass is 337 g/mol. The standard InChI is InChI=1S/C20H16FNOS/c1-20(2)15-5-3-4-6-17(15)22(19-10-8-14(12-23)24-19)18-11-13(21)7-9-16(18)20/h3-12H,1-2H3. The molecule has 0 amide bonds. The van der Waals surface area contributed by atoms with Crippen LogP contribution in [0.2, 0.25) is 0 Å². The van der Waals surface area contributed by atoms with Crippen molar-refractivity contribution in [3.63, 3.8) is 0 Å². The maximum atomic E-state index is 14.0. The highest BCUT2D eigenvalue weighted by molar-refractivity contribution is 7.17. The maximum Gasteiger partial charge on any atom is 0.160 e. The van der Waals surface area contributed by atoms with Crippen LogP contribution in [0, 0.1) is 5.82 Å². The lowest BCUT2D eigenvalue weighted by atomic mass is 9.74. The lowest BCUT2D eigenvalue weighted by molar-refractivity contribution is 0.112. The number of halogens is 1. The Hall–Kier alpha value is -2.46. The van der Waals surface area contributed by atoms with Gasteiger partial charge in [-0.2, -0.15) is 0 Å². The van der Waals surface area contributed by atoms with Crippen LogP contribution >= 0.6 is 11.3 Å². The van der Waals surface area contributed by atoms with E-state index in [2.05, 4.69) is 24.8 Å². The number of fused-ring (bicyclic) bond motifs is 2. The van der Waals surface area contributed by atoms with E-state index in [1.165, 1.54) is 23.0 Å². The van der Waals surface area contributed by atoms with Gasteiger partial charge in [-0.05, 0) is 41.5 Å². The van der Waals surface area contributed by atoms with Crippen LogP contribution < -0.4 is 4.90 Å². The third-order valence-corrected chi connectivity index (χ3v) is 5.64. The molecule has 4 rings (SSSR count). The molecule has 0 bridgehead atoms. The summed E-state index contributed by atoms with van der Waals surface area (Å²) in [7, 11) is 0. The number of para-hydroxylation sites is 1. The summed E-state index contributed by atoms with van der Waals surface area (Å²) in [6.07, 6.45) is 0.848. The van der Waals surface area contributed by atoms with Crippen molar-refractivity contribution in [3.05, 3.63) is 76.4 Å². The number of carbonyl (C=O) groups excluding carboxylic acids is 1. The molecule has 1 aliphatic rings. The summed E-state index contributed by atoms with van der Waals surface area (Å²) in [4.78, 5) is 13.8. The zero-order valence-electron chi connectivity index (χ0n) is 13.4. The van der Waals surface area contributed by atoms with Crippen molar-refractivity contribution >= 4 is 34.0 Å². The van der Waals surface area contributed by atoms with Crippen molar-refractivity contribution in [1.29, 1.82) is 0 Å². The predicted octanol–water partition coefficient (Wildman–Crippen LogP) is 5.81. The fourth-order valence-corrected chi connectivity index (χ4v) is 4.30. The Morgan fingerprint density at radius 1 is 1.00 bits per heavy atom. The van der Waals surface area contributed by atoms with E-state index in [0.29, 0.717) is 4.88 Å². The largest absolute Gasteiger partial charge is 0.301 e. The van der Waals surface area contributed by atoms with Gasteiger partial charge in [-0.3, -0.25) is 4.79 Å². The van der Waals surface area contributed by atoms with Crippen LogP contribution in [0.1, 0.15) is 34.6 Å². The van der Waals surface area contributed by atoms with E-state index in [-0.39, 0.29) is 11.2 Å². The highest BCUT2D eigenvalue weighted by Crippen LogP contribution is 2.52. The van der Waals surface area contributed by atoms with E-state index in [1.54, 1.807) is 12.1 Å². The van der Waals surface area contributed by atoms with E-state index in [0.717, 1.165) is 28.2 Å². The van der Waals surface area contributed by atoms with Crippen LogP contribution in [0.25, 0.3) is 0 Å². The third-order valence-electron chi connectivity index (χ3n) is 4.64. The molecule has 1 aliphatic heterocycles. The molecular formula is C20H16FNOS. The van der Waals surface area contributed by atoms with Crippen molar-refractivity contribution in [2.75, 3.05) is 4.90 Å². The summed E-state index contributed by atoms with van der Waals surface area (Å²) in [5.74, 6) is -0.263. The number of thiophene rings is 1. The number of nitrogens with zero attached hydrogens (tertiary/aromatic N) is 1. The van der Waals surface area contributed by atoms with Crippen molar-refractivity contribution in [2.24, 2.45) is 0 Å². The first kappa shape index (κ1) is 15.1. The first-order valence-corrected chi connectivity index (χ1v) is 8.58. The minimum atomic E-state index is -0.263. The van der Waals surface area contributed by atoms with Gasteiger partial charge in [-0.15, -0.1) is 11.3 Å². The molecule has 0 fully saturated rings. The van der Waals surface area contributed by atoms with Gasteiger partial charge in [-0.25, -0.2) is 4.39 Å². The van der Waals surface area contributed by atoms with Gasteiger partial charge in [0.25, 0.3) is 0 Å². The molecule has 0 spiro atoms. The van der Waals surface area contributed by atoms with E-state index in [1.807, 2.05) is 30.3 Å². The molecule has 0 N–H and O–H groups in total. The Morgan fingerprint density at radius 2 is 1.75 bits per heavy atom. The number of anilines is 3. The van der Waals surface area contributed by atoms with Crippen LogP contribution in [-0.2, 0) is 5.41 Å². The molecule has 0 aliphatic carbocycles. The molecule has 3 aromatic rings. The molecule has 1 aromatic heterocycles. The van der Waals surface area contributed by atoms with E-state index >= 15 is 0 Å². The number of benzene rings is 2. The zero-order chi connectivity index (χ0) is 16.9. The third kappa shape index (κ3) is 2.10. The second-order valence-electron chi connectivity index (χ2n) is 6.43. The number of hydrogen-bond donors (Lipinski definition) is 0. The maximum absolute atomic E-state index is 14.0. The first-order valence-electron chi connectivity index (χ1n) is 7.77. The lowest BCUT2D eigenvalue weighted by Gasteiger charge is -2.41. The highest BCUT2D eigenvalue weighted by atomic mass is 32.1. The number of aldehydes is 1. The van der Waals surface area contributed by atoms with Crippen LogP contribution in [-0.4, -0.2) is 6.29 Å². The molecule has 4 heteroatoms. The van der Waals surface area contributed by atoms with Crippen LogP contribution in [0.4, 0.5) is 20.8 Å². The molecule has 0 saturated carbocycles. The van der Waals surface area contributed by atoms with Crippen molar-refractivity contribution in [3.8, 4) is 0 Å². The average Bonchev–Trinajstić information content (AvgIpc) is 3.03. The summed E-state index contributed by atoms with van der Waals surface area (Å²) >= 11 is 1.41. The van der Waals surface area contributed by atoms with Gasteiger partial charge in [0.1, 0.15) is 10.8 Å². The quantitative estimate of drug-likeness (QED) is 0.550. The summed E-state index contributed by atoms with van der Waals surface area (Å²) in [6.45, 7) is 4.32. The van der Waals surface area contributed by atoms with E-state index in [9.17, 15) is 9.18 Å². The second-order valence-corrected chi connectivity index (χ2v) is 7.53. The van der Waals surface area contributed by atoms with Gasteiger partial charge in [0.2, 0.25) is 0 Å². The number of rotatable bonds is 2. The summed E-state index contributed by atoms with van der Waals surface area (Å²) in [5.41, 5.74) is 3.90. The molecule has 2 nitrogen and oxygen atoms in total. The first-order chi connectivity index (χ1) is 11.5. The lowest BCUT2D eigenvalue weighted by Crippen LogP contribution is -2.30. The fourth-order valence-electron chi connectivity index (χ4n) is 3.45. The van der Waals surface area contributed by atoms with Gasteiger partial charge in [0.15, 0.2) is 6.29 Å². The van der Waals surface area contributed by atoms with Crippen molar-refractivity contribution < 1.29 is 9.18 Å². The minimum Gasteiger partial charge on any atom is -0.301 e. The molecule has 0 unspecified atom stereocenters. The van der Waals surface area contributed by atoms with E-state index in [4.69, 9.17) is 0 Å². The number of carbonyl (C=O) groups is 1. The summed E-state index contributed by atoms with van der Waals surface area (Å²) in [5, 5.41) is 0.909. The molecule has 24 heavy (non-hydrogen) atoms. The molecule has 0 saturated heterocycles. The van der Waals surface area contributed by atoms with Crippen molar-refractivity contribution in [2.45, 2.75) is 19.3 Å². The smallest absolute Gasteiger partial charge is 0.160 e. The molecule has 2 heterocycles. The Balaban J connectivity index is 2.03. The normalized spacial score (nSPS) is 14.9. The number of hydrogen-bond acceptors (Lipinski definition) is 3. The second kappa shape index (κ2) is 5.28. The van der Waals surface area contributed by atoms with Crippen molar-refractivity contribution in [1.82, 2.24) is 0 Å². The molecule has 0 radical (unpaired) electrons. The van der Waals surface area contributed by atoms with Gasteiger partial charge in [-0.1, -0.05) is 38.1 Å². The minimum absolute atomic E-state index is 0.221. The Labute approximate surface area is 144 Å². The van der Waals surface area contributed by atoms with E-state index < -0.39 is 0 Å². The molecule has 120 valence electrons. The zero-order valence-corrected chi connectivity index (χ0v) is 14.2. The summed E-state index contributed by atoms with van der Waals surface area (Å²) < 4.78 is 14.0. The molecule has 2 aromatic carbocycles. The predicted molar refractivity (Wildman–Crippen MR) is 96.5 cm³/mol. The molecular weight excluding hydrogens is 321 g/mol. The van der Waals surface area contributed by atoms with Crippen LogP contribution in [0.3, 0.4) is 0 Å². The van der Waals surface area contributed by atoms with Gasteiger partial charge >= 0.3 is 0 Å². The Kier molecular flexibility index (Phi) is 3.32. The topological polar surface area (TPSA) is 20.3 Å². The van der Waals surface area contributed by atoms with Gasteiger partial charge < -0.3 is 4.90 Å². The molecule has 0 atom stereocenters. The average molecular weight is 337 g/mol. The Morgan fingerprint density at radius 3 is 2.50 bits per heavy atom. The van der Waals surface area contributed by atoms with Gasteiger partial charge in [0, 0.05) is 5.41 Å². The summed E-state index contributed by atoms with van der Waals surface area (Å²) in [6, 6.07) is 16.8. The van der Waals surface area contributed by atoms with Gasteiger partial charge in [0.05, 0.1) is 16.3 Å². The SMILES string of the molecule is CC1(C)c2ccccc2N(c2ccc(C=O)s2)c2cc(F)ccc21. The Bertz CT molecular complexity index is 944. The van der Waals surface area contributed by atoms with Crippen LogP contribution in [0.5, 0.6) is 0 Å². The highest BCUT2D eigenvalue weighted by Gasteiger charge is 2.37.